The fourth-order valence-corrected chi connectivity index (χ4v) is 6.77. The van der Waals surface area contributed by atoms with Gasteiger partial charge < -0.3 is 14.4 Å². The first-order valence-electron chi connectivity index (χ1n) is 13.1. The first-order valence-corrected chi connectivity index (χ1v) is 14.9. The molecule has 0 aliphatic carbocycles. The molecule has 0 radical (unpaired) electrons. The molecule has 3 aromatic rings. The maximum atomic E-state index is 13.0. The molecule has 10 heteroatoms. The summed E-state index contributed by atoms with van der Waals surface area (Å²) in [6.45, 7) is 3.80. The number of benzene rings is 3. The topological polar surface area (TPSA) is 79.4 Å². The monoisotopic (exact) mass is 569 g/mol. The van der Waals surface area contributed by atoms with Crippen molar-refractivity contribution < 1.29 is 22.7 Å². The minimum Gasteiger partial charge on any atom is -0.482 e. The van der Waals surface area contributed by atoms with Crippen molar-refractivity contribution in [3.05, 3.63) is 95.0 Å². The molecular weight excluding hydrogens is 538 g/mol. The molecule has 0 spiro atoms. The zero-order chi connectivity index (χ0) is 27.2. The standard InChI is InChI=1S/C29H32ClN3O5S/c30-26-21-25(39(35,36)33-17-19-37-20-18-33)11-12-27(26)38-22-28(34)31-13-15-32(16-14-31)29(23-7-3-1-4-8-23)24-9-5-2-6-10-24/h1-12,21,29H,13-20,22H2. The van der Waals surface area contributed by atoms with Crippen LogP contribution in [0.15, 0.2) is 83.8 Å². The molecular formula is C29H32ClN3O5S. The van der Waals surface area contributed by atoms with E-state index in [-0.39, 0.29) is 34.2 Å². The van der Waals surface area contributed by atoms with E-state index in [0.29, 0.717) is 39.4 Å². The van der Waals surface area contributed by atoms with Gasteiger partial charge in [0.15, 0.2) is 6.61 Å². The largest absolute Gasteiger partial charge is 0.482 e. The molecule has 5 rings (SSSR count). The number of nitrogens with zero attached hydrogens (tertiary/aromatic N) is 3. The minimum absolute atomic E-state index is 0.0931. The Labute approximate surface area is 234 Å². The van der Waals surface area contributed by atoms with E-state index in [9.17, 15) is 13.2 Å². The zero-order valence-electron chi connectivity index (χ0n) is 21.6. The highest BCUT2D eigenvalue weighted by Gasteiger charge is 2.29. The van der Waals surface area contributed by atoms with Gasteiger partial charge in [-0.2, -0.15) is 4.31 Å². The molecule has 3 aromatic carbocycles. The second-order valence-corrected chi connectivity index (χ2v) is 11.9. The van der Waals surface area contributed by atoms with E-state index in [1.807, 2.05) is 12.1 Å². The molecule has 0 unspecified atom stereocenters. The number of hydrogen-bond acceptors (Lipinski definition) is 6. The molecule has 0 N–H and O–H groups in total. The molecule has 0 bridgehead atoms. The Morgan fingerprint density at radius 1 is 0.846 bits per heavy atom. The predicted molar refractivity (Wildman–Crippen MR) is 149 cm³/mol. The Morgan fingerprint density at radius 3 is 2.00 bits per heavy atom. The third-order valence-electron chi connectivity index (χ3n) is 7.13. The van der Waals surface area contributed by atoms with E-state index < -0.39 is 10.0 Å². The fourth-order valence-electron chi connectivity index (χ4n) is 5.04. The number of hydrogen-bond donors (Lipinski definition) is 0. The number of halogens is 1. The van der Waals surface area contributed by atoms with Crippen LogP contribution in [0.2, 0.25) is 5.02 Å². The summed E-state index contributed by atoms with van der Waals surface area (Å²) in [5.41, 5.74) is 2.45. The van der Waals surface area contributed by atoms with E-state index in [4.69, 9.17) is 21.1 Å². The average molecular weight is 570 g/mol. The normalized spacial score (nSPS) is 17.3. The van der Waals surface area contributed by atoms with Gasteiger partial charge in [0.2, 0.25) is 10.0 Å². The molecule has 2 fully saturated rings. The second kappa shape index (κ2) is 12.5. The lowest BCUT2D eigenvalue weighted by molar-refractivity contribution is -0.135. The Kier molecular flexibility index (Phi) is 8.84. The highest BCUT2D eigenvalue weighted by molar-refractivity contribution is 7.89. The highest BCUT2D eigenvalue weighted by Crippen LogP contribution is 2.31. The lowest BCUT2D eigenvalue weighted by Gasteiger charge is -2.39. The SMILES string of the molecule is O=C(COc1ccc(S(=O)(=O)N2CCOCC2)cc1Cl)N1CCN(C(c2ccccc2)c2ccccc2)CC1. The maximum Gasteiger partial charge on any atom is 0.260 e. The molecule has 2 aliphatic heterocycles. The Bertz CT molecular complexity index is 1320. The molecule has 0 atom stereocenters. The lowest BCUT2D eigenvalue weighted by Crippen LogP contribution is -2.51. The summed E-state index contributed by atoms with van der Waals surface area (Å²) in [5.74, 6) is 0.143. The van der Waals surface area contributed by atoms with Crippen molar-refractivity contribution in [2.75, 3.05) is 59.1 Å². The van der Waals surface area contributed by atoms with Gasteiger partial charge in [-0.25, -0.2) is 8.42 Å². The quantitative estimate of drug-likeness (QED) is 0.412. The number of morpholine rings is 1. The second-order valence-electron chi connectivity index (χ2n) is 9.54. The van der Waals surface area contributed by atoms with Crippen LogP contribution >= 0.6 is 11.6 Å². The summed E-state index contributed by atoms with van der Waals surface area (Å²) in [6, 6.07) is 25.3. The van der Waals surface area contributed by atoms with Crippen LogP contribution < -0.4 is 4.74 Å². The smallest absolute Gasteiger partial charge is 0.260 e. The number of piperazine rings is 1. The van der Waals surface area contributed by atoms with Crippen LogP contribution in [0.4, 0.5) is 0 Å². The van der Waals surface area contributed by atoms with Gasteiger partial charge in [-0.1, -0.05) is 72.3 Å². The van der Waals surface area contributed by atoms with Crippen LogP contribution in [-0.2, 0) is 19.6 Å². The number of ether oxygens (including phenoxy) is 2. The van der Waals surface area contributed by atoms with Crippen molar-refractivity contribution >= 4 is 27.5 Å². The molecule has 206 valence electrons. The molecule has 2 heterocycles. The van der Waals surface area contributed by atoms with Crippen LogP contribution in [0, 0.1) is 0 Å². The van der Waals surface area contributed by atoms with Crippen LogP contribution in [0.5, 0.6) is 5.75 Å². The Balaban J connectivity index is 1.18. The summed E-state index contributed by atoms with van der Waals surface area (Å²) < 4.78 is 38.1. The number of carbonyl (C=O) groups excluding carboxylic acids is 1. The van der Waals surface area contributed by atoms with Gasteiger partial charge in [0.1, 0.15) is 5.75 Å². The molecule has 0 saturated carbocycles. The molecule has 1 amide bonds. The van der Waals surface area contributed by atoms with Gasteiger partial charge in [0, 0.05) is 39.3 Å². The molecule has 2 saturated heterocycles. The van der Waals surface area contributed by atoms with Gasteiger partial charge >= 0.3 is 0 Å². The summed E-state index contributed by atoms with van der Waals surface area (Å²) in [5, 5.41) is 0.149. The number of rotatable bonds is 8. The van der Waals surface area contributed by atoms with E-state index in [2.05, 4.69) is 53.4 Å². The van der Waals surface area contributed by atoms with E-state index >= 15 is 0 Å². The van der Waals surface area contributed by atoms with Crippen molar-refractivity contribution in [3.63, 3.8) is 0 Å². The van der Waals surface area contributed by atoms with Crippen molar-refractivity contribution in [1.82, 2.24) is 14.1 Å². The average Bonchev–Trinajstić information content (AvgIpc) is 2.98. The molecule has 0 aromatic heterocycles. The maximum absolute atomic E-state index is 13.0. The molecule has 39 heavy (non-hydrogen) atoms. The van der Waals surface area contributed by atoms with E-state index in [0.717, 1.165) is 13.1 Å². The van der Waals surface area contributed by atoms with Crippen LogP contribution in [0.3, 0.4) is 0 Å². The minimum atomic E-state index is -3.67. The predicted octanol–water partition coefficient (Wildman–Crippen LogP) is 3.67. The van der Waals surface area contributed by atoms with Crippen molar-refractivity contribution in [3.8, 4) is 5.75 Å². The first kappa shape index (κ1) is 27.6. The number of sulfonamides is 1. The van der Waals surface area contributed by atoms with Crippen LogP contribution in [0.1, 0.15) is 17.2 Å². The van der Waals surface area contributed by atoms with Crippen molar-refractivity contribution in [2.45, 2.75) is 10.9 Å². The van der Waals surface area contributed by atoms with E-state index in [1.54, 1.807) is 4.90 Å². The van der Waals surface area contributed by atoms with Gasteiger partial charge in [0.25, 0.3) is 5.91 Å². The summed E-state index contributed by atoms with van der Waals surface area (Å²) in [6.07, 6.45) is 0. The zero-order valence-corrected chi connectivity index (χ0v) is 23.2. The molecule has 8 nitrogen and oxygen atoms in total. The van der Waals surface area contributed by atoms with Crippen molar-refractivity contribution in [2.24, 2.45) is 0 Å². The lowest BCUT2D eigenvalue weighted by atomic mass is 9.96. The van der Waals surface area contributed by atoms with E-state index in [1.165, 1.54) is 33.6 Å². The fraction of sp³-hybridized carbons (Fsp3) is 0.345. The molecule has 2 aliphatic rings. The van der Waals surface area contributed by atoms with Gasteiger partial charge in [-0.15, -0.1) is 0 Å². The summed E-state index contributed by atoms with van der Waals surface area (Å²) in [7, 11) is -3.67. The number of carbonyl (C=O) groups is 1. The van der Waals surface area contributed by atoms with Crippen molar-refractivity contribution in [1.29, 1.82) is 0 Å². The van der Waals surface area contributed by atoms with Gasteiger partial charge in [0.05, 0.1) is 29.2 Å². The third-order valence-corrected chi connectivity index (χ3v) is 9.32. The Morgan fingerprint density at radius 2 is 1.44 bits per heavy atom. The third kappa shape index (κ3) is 6.45. The Hall–Kier alpha value is -2.95. The first-order chi connectivity index (χ1) is 18.9. The highest BCUT2D eigenvalue weighted by atomic mass is 35.5. The van der Waals surface area contributed by atoms with Crippen LogP contribution in [0.25, 0.3) is 0 Å². The van der Waals surface area contributed by atoms with Crippen LogP contribution in [-0.4, -0.2) is 87.5 Å². The van der Waals surface area contributed by atoms with Gasteiger partial charge in [-0.3, -0.25) is 9.69 Å². The number of amides is 1. The summed E-state index contributed by atoms with van der Waals surface area (Å²) in [4.78, 5) is 17.3. The summed E-state index contributed by atoms with van der Waals surface area (Å²) >= 11 is 6.35. The van der Waals surface area contributed by atoms with Gasteiger partial charge in [-0.05, 0) is 29.3 Å².